The van der Waals surface area contributed by atoms with Crippen LogP contribution < -0.4 is 0 Å². The molecule has 0 aromatic carbocycles. The summed E-state index contributed by atoms with van der Waals surface area (Å²) in [5.41, 5.74) is -5.31. The van der Waals surface area contributed by atoms with E-state index in [1.807, 2.05) is 41.5 Å². The molecule has 2 fully saturated rings. The van der Waals surface area contributed by atoms with Gasteiger partial charge in [-0.05, 0) is 52.9 Å². The minimum absolute atomic E-state index is 0.0125. The van der Waals surface area contributed by atoms with E-state index in [4.69, 9.17) is 9.47 Å². The lowest BCUT2D eigenvalue weighted by Crippen LogP contribution is -2.68. The van der Waals surface area contributed by atoms with Crippen molar-refractivity contribution in [3.63, 3.8) is 0 Å². The van der Waals surface area contributed by atoms with Gasteiger partial charge in [-0.15, -0.1) is 0 Å². The highest BCUT2D eigenvalue weighted by Gasteiger charge is 2.76. The molecule has 0 radical (unpaired) electrons. The number of hydrogen-bond donors (Lipinski definition) is 1. The first-order valence-electron chi connectivity index (χ1n) is 9.73. The topological polar surface area (TPSA) is 89.9 Å². The number of aliphatic hydroxyl groups is 1. The molecule has 2 aliphatic heterocycles. The molecule has 2 saturated heterocycles. The van der Waals surface area contributed by atoms with Crippen LogP contribution in [0, 0.1) is 5.92 Å². The first kappa shape index (κ1) is 20.2. The fourth-order valence-corrected chi connectivity index (χ4v) is 4.63. The summed E-state index contributed by atoms with van der Waals surface area (Å²) < 4.78 is 12.4. The van der Waals surface area contributed by atoms with E-state index in [1.54, 1.807) is 0 Å². The van der Waals surface area contributed by atoms with Gasteiger partial charge in [0.25, 0.3) is 0 Å². The van der Waals surface area contributed by atoms with Gasteiger partial charge < -0.3 is 14.6 Å². The molecule has 6 nitrogen and oxygen atoms in total. The van der Waals surface area contributed by atoms with Gasteiger partial charge in [0.15, 0.2) is 17.2 Å². The lowest BCUT2D eigenvalue weighted by atomic mass is 9.73. The second-order valence-corrected chi connectivity index (χ2v) is 9.73. The van der Waals surface area contributed by atoms with Crippen LogP contribution in [0.3, 0.4) is 0 Å². The van der Waals surface area contributed by atoms with Gasteiger partial charge in [0.2, 0.25) is 11.4 Å². The SMILES string of the molecule is CC(C)CC(=O)C1=C(O)C2(CCC(C)(C)O2)C2(OC(C)(C)CCC2=O)C1=O. The Morgan fingerprint density at radius 3 is 2.15 bits per heavy atom. The molecule has 0 aromatic rings. The molecule has 1 aliphatic carbocycles. The number of carbonyl (C=O) groups excluding carboxylic acids is 3. The van der Waals surface area contributed by atoms with Crippen LogP contribution in [0.1, 0.15) is 73.6 Å². The van der Waals surface area contributed by atoms with Gasteiger partial charge in [-0.2, -0.15) is 0 Å². The minimum Gasteiger partial charge on any atom is -0.508 e. The van der Waals surface area contributed by atoms with E-state index >= 15 is 0 Å². The average molecular weight is 378 g/mol. The zero-order valence-corrected chi connectivity index (χ0v) is 17.1. The summed E-state index contributed by atoms with van der Waals surface area (Å²) in [5.74, 6) is -2.02. The van der Waals surface area contributed by atoms with Crippen LogP contribution >= 0.6 is 0 Å². The fourth-order valence-electron chi connectivity index (χ4n) is 4.63. The van der Waals surface area contributed by atoms with Crippen molar-refractivity contribution in [2.24, 2.45) is 5.92 Å². The molecule has 0 aromatic heterocycles. The molecule has 2 heterocycles. The Kier molecular flexibility index (Phi) is 4.48. The number of ketones is 3. The highest BCUT2D eigenvalue weighted by atomic mass is 16.6. The lowest BCUT2D eigenvalue weighted by molar-refractivity contribution is -0.238. The summed E-state index contributed by atoms with van der Waals surface area (Å²) in [4.78, 5) is 39.5. The molecule has 27 heavy (non-hydrogen) atoms. The Morgan fingerprint density at radius 2 is 1.63 bits per heavy atom. The van der Waals surface area contributed by atoms with Crippen LogP contribution in [-0.4, -0.2) is 44.9 Å². The van der Waals surface area contributed by atoms with Gasteiger partial charge >= 0.3 is 0 Å². The number of Topliss-reactive ketones (excluding diaryl/α,β-unsaturated/α-hetero) is 3. The third-order valence-electron chi connectivity index (χ3n) is 5.91. The van der Waals surface area contributed by atoms with Crippen LogP contribution in [0.4, 0.5) is 0 Å². The molecular weight excluding hydrogens is 348 g/mol. The molecule has 2 spiro atoms. The number of fused-ring (bicyclic) bond motifs is 1. The molecular formula is C21H30O6. The highest BCUT2D eigenvalue weighted by Crippen LogP contribution is 2.58. The van der Waals surface area contributed by atoms with E-state index in [2.05, 4.69) is 0 Å². The van der Waals surface area contributed by atoms with Gasteiger partial charge in [0.1, 0.15) is 11.3 Å². The Hall–Kier alpha value is -1.53. The van der Waals surface area contributed by atoms with E-state index in [9.17, 15) is 19.5 Å². The van der Waals surface area contributed by atoms with E-state index in [1.165, 1.54) is 0 Å². The molecule has 0 bridgehead atoms. The van der Waals surface area contributed by atoms with Crippen molar-refractivity contribution in [2.45, 2.75) is 96.1 Å². The van der Waals surface area contributed by atoms with E-state index in [0.717, 1.165) is 0 Å². The Labute approximate surface area is 160 Å². The summed E-state index contributed by atoms with van der Waals surface area (Å²) in [6.07, 6.45) is 1.50. The lowest BCUT2D eigenvalue weighted by Gasteiger charge is -2.48. The van der Waals surface area contributed by atoms with Crippen LogP contribution in [-0.2, 0) is 23.9 Å². The Balaban J connectivity index is 2.21. The van der Waals surface area contributed by atoms with Gasteiger partial charge in [0.05, 0.1) is 11.2 Å². The molecule has 0 saturated carbocycles. The van der Waals surface area contributed by atoms with Crippen molar-refractivity contribution in [1.29, 1.82) is 0 Å². The second kappa shape index (κ2) is 5.98. The van der Waals surface area contributed by atoms with E-state index in [0.29, 0.717) is 12.8 Å². The van der Waals surface area contributed by atoms with Crippen LogP contribution in [0.25, 0.3) is 0 Å². The fraction of sp³-hybridized carbons (Fsp3) is 0.762. The standard InChI is InChI=1S/C21H30O6/c1-12(2)11-13(22)15-16(24)20(10-9-19(5,6)26-20)21(17(15)25)14(23)7-8-18(3,4)27-21/h12,24H,7-11H2,1-6H3. The van der Waals surface area contributed by atoms with Crippen LogP contribution in [0.2, 0.25) is 0 Å². The molecule has 6 heteroatoms. The predicted molar refractivity (Wildman–Crippen MR) is 98.4 cm³/mol. The van der Waals surface area contributed by atoms with Crippen LogP contribution in [0.5, 0.6) is 0 Å². The largest absolute Gasteiger partial charge is 0.508 e. The third-order valence-corrected chi connectivity index (χ3v) is 5.91. The van der Waals surface area contributed by atoms with Crippen molar-refractivity contribution in [2.75, 3.05) is 0 Å². The van der Waals surface area contributed by atoms with Gasteiger partial charge in [-0.3, -0.25) is 14.4 Å². The average Bonchev–Trinajstić information content (AvgIpc) is 2.93. The summed E-state index contributed by atoms with van der Waals surface area (Å²) in [5, 5.41) is 11.1. The predicted octanol–water partition coefficient (Wildman–Crippen LogP) is 3.22. The molecule has 3 rings (SSSR count). The van der Waals surface area contributed by atoms with Crippen LogP contribution in [0.15, 0.2) is 11.3 Å². The van der Waals surface area contributed by atoms with Gasteiger partial charge in [-0.1, -0.05) is 13.8 Å². The maximum atomic E-state index is 13.5. The maximum absolute atomic E-state index is 13.5. The Bertz CT molecular complexity index is 744. The zero-order valence-electron chi connectivity index (χ0n) is 17.1. The molecule has 150 valence electrons. The number of rotatable bonds is 3. The first-order chi connectivity index (χ1) is 12.3. The summed E-state index contributed by atoms with van der Waals surface area (Å²) in [6, 6.07) is 0. The molecule has 2 unspecified atom stereocenters. The van der Waals surface area contributed by atoms with Crippen molar-refractivity contribution in [3.05, 3.63) is 11.3 Å². The summed E-state index contributed by atoms with van der Waals surface area (Å²) in [6.45, 7) is 11.0. The highest BCUT2D eigenvalue weighted by molar-refractivity contribution is 6.33. The van der Waals surface area contributed by atoms with Crippen molar-refractivity contribution < 1.29 is 29.0 Å². The van der Waals surface area contributed by atoms with Crippen molar-refractivity contribution >= 4 is 17.3 Å². The number of carbonyl (C=O) groups is 3. The monoisotopic (exact) mass is 378 g/mol. The van der Waals surface area contributed by atoms with E-state index in [-0.39, 0.29) is 30.8 Å². The quantitative estimate of drug-likeness (QED) is 0.599. The second-order valence-electron chi connectivity index (χ2n) is 9.73. The van der Waals surface area contributed by atoms with Gasteiger partial charge in [-0.25, -0.2) is 0 Å². The molecule has 2 atom stereocenters. The number of aliphatic hydroxyl groups excluding tert-OH is 1. The number of ether oxygens (including phenoxy) is 2. The molecule has 1 N–H and O–H groups in total. The van der Waals surface area contributed by atoms with Crippen molar-refractivity contribution in [3.8, 4) is 0 Å². The maximum Gasteiger partial charge on any atom is 0.226 e. The Morgan fingerprint density at radius 1 is 1.04 bits per heavy atom. The molecule has 3 aliphatic rings. The summed E-state index contributed by atoms with van der Waals surface area (Å²) >= 11 is 0. The summed E-state index contributed by atoms with van der Waals surface area (Å²) in [7, 11) is 0. The first-order valence-corrected chi connectivity index (χ1v) is 9.73. The zero-order chi connectivity index (χ0) is 20.4. The smallest absolute Gasteiger partial charge is 0.226 e. The minimum atomic E-state index is -1.98. The molecule has 0 amide bonds. The van der Waals surface area contributed by atoms with E-state index < -0.39 is 45.5 Å². The van der Waals surface area contributed by atoms with Gasteiger partial charge in [0, 0.05) is 12.8 Å². The number of hydrogen-bond acceptors (Lipinski definition) is 6. The normalized spacial score (nSPS) is 35.1. The van der Waals surface area contributed by atoms with Crippen molar-refractivity contribution in [1.82, 2.24) is 0 Å². The third kappa shape index (κ3) is 2.80.